The fourth-order valence-corrected chi connectivity index (χ4v) is 3.93. The number of thiophene rings is 1. The normalized spacial score (nSPS) is 14.8. The highest BCUT2D eigenvalue weighted by Crippen LogP contribution is 2.19. The lowest BCUT2D eigenvalue weighted by molar-refractivity contribution is 0.0538. The Morgan fingerprint density at radius 3 is 1.88 bits per heavy atom. The highest BCUT2D eigenvalue weighted by atomic mass is 32.1. The van der Waals surface area contributed by atoms with Crippen LogP contribution in [0.2, 0.25) is 0 Å². The van der Waals surface area contributed by atoms with Gasteiger partial charge in [-0.15, -0.1) is 11.3 Å². The van der Waals surface area contributed by atoms with Gasteiger partial charge >= 0.3 is 0 Å². The van der Waals surface area contributed by atoms with Crippen molar-refractivity contribution in [3.63, 3.8) is 0 Å². The van der Waals surface area contributed by atoms with Crippen LogP contribution in [0.15, 0.2) is 30.3 Å². The predicted molar refractivity (Wildman–Crippen MR) is 96.8 cm³/mol. The zero-order valence-corrected chi connectivity index (χ0v) is 15.2. The minimum Gasteiger partial charge on any atom is -0.335 e. The van der Waals surface area contributed by atoms with Crippen LogP contribution in [0.3, 0.4) is 0 Å². The maximum absolute atomic E-state index is 12.7. The van der Waals surface area contributed by atoms with Crippen LogP contribution < -0.4 is 0 Å². The van der Waals surface area contributed by atoms with Crippen molar-refractivity contribution in [1.29, 1.82) is 0 Å². The van der Waals surface area contributed by atoms with Gasteiger partial charge < -0.3 is 9.80 Å². The van der Waals surface area contributed by atoms with Gasteiger partial charge in [0.05, 0.1) is 4.88 Å². The number of amides is 2. The lowest BCUT2D eigenvalue weighted by Gasteiger charge is -2.34. The second-order valence-corrected chi connectivity index (χ2v) is 7.66. The molecule has 4 nitrogen and oxygen atoms in total. The van der Waals surface area contributed by atoms with Gasteiger partial charge in [-0.25, -0.2) is 0 Å². The lowest BCUT2D eigenvalue weighted by Crippen LogP contribution is -2.50. The largest absolute Gasteiger partial charge is 0.335 e. The molecule has 1 aromatic heterocycles. The molecule has 1 aromatic carbocycles. The molecule has 0 radical (unpaired) electrons. The van der Waals surface area contributed by atoms with Crippen molar-refractivity contribution >= 4 is 23.2 Å². The summed E-state index contributed by atoms with van der Waals surface area (Å²) >= 11 is 1.52. The van der Waals surface area contributed by atoms with E-state index in [0.717, 1.165) is 26.4 Å². The number of aryl methyl sites for hydroxylation is 3. The minimum absolute atomic E-state index is 0.0564. The van der Waals surface area contributed by atoms with Crippen LogP contribution in [-0.2, 0) is 0 Å². The van der Waals surface area contributed by atoms with E-state index >= 15 is 0 Å². The van der Waals surface area contributed by atoms with Crippen LogP contribution in [0.25, 0.3) is 0 Å². The Kier molecular flexibility index (Phi) is 4.71. The first-order chi connectivity index (χ1) is 11.4. The van der Waals surface area contributed by atoms with Crippen LogP contribution in [0, 0.1) is 20.8 Å². The van der Waals surface area contributed by atoms with Gasteiger partial charge in [-0.2, -0.15) is 0 Å². The lowest BCUT2D eigenvalue weighted by atomic mass is 10.1. The van der Waals surface area contributed by atoms with E-state index in [0.29, 0.717) is 26.2 Å². The summed E-state index contributed by atoms with van der Waals surface area (Å²) in [6.07, 6.45) is 0. The molecular formula is C19H22N2O2S. The standard InChI is InChI=1S/C19H22N2O2S/c1-13-10-14(2)12-16(11-13)18(22)20-6-8-21(9-7-20)19(23)17-5-4-15(3)24-17/h4-5,10-12H,6-9H2,1-3H3. The molecule has 0 atom stereocenters. The summed E-state index contributed by atoms with van der Waals surface area (Å²) in [5, 5.41) is 0. The molecule has 0 spiro atoms. The summed E-state index contributed by atoms with van der Waals surface area (Å²) in [7, 11) is 0. The second kappa shape index (κ2) is 6.77. The molecule has 1 saturated heterocycles. The minimum atomic E-state index is 0.0564. The molecule has 2 heterocycles. The van der Waals surface area contributed by atoms with Gasteiger partial charge in [0.1, 0.15) is 0 Å². The number of piperazine rings is 1. The molecule has 5 heteroatoms. The maximum atomic E-state index is 12.7. The van der Waals surface area contributed by atoms with Crippen LogP contribution in [0.5, 0.6) is 0 Å². The van der Waals surface area contributed by atoms with Gasteiger partial charge in [-0.3, -0.25) is 9.59 Å². The Morgan fingerprint density at radius 2 is 1.38 bits per heavy atom. The number of carbonyl (C=O) groups excluding carboxylic acids is 2. The second-order valence-electron chi connectivity index (χ2n) is 6.37. The highest BCUT2D eigenvalue weighted by molar-refractivity contribution is 7.13. The fourth-order valence-electron chi connectivity index (χ4n) is 3.10. The van der Waals surface area contributed by atoms with Gasteiger partial charge in [0, 0.05) is 36.6 Å². The maximum Gasteiger partial charge on any atom is 0.264 e. The molecule has 24 heavy (non-hydrogen) atoms. The topological polar surface area (TPSA) is 40.6 Å². The van der Waals surface area contributed by atoms with E-state index in [2.05, 4.69) is 6.07 Å². The van der Waals surface area contributed by atoms with Crippen LogP contribution in [-0.4, -0.2) is 47.8 Å². The Labute approximate surface area is 146 Å². The quantitative estimate of drug-likeness (QED) is 0.840. The molecule has 1 fully saturated rings. The third-order valence-corrected chi connectivity index (χ3v) is 5.26. The summed E-state index contributed by atoms with van der Waals surface area (Å²) in [6.45, 7) is 8.36. The molecule has 0 unspecified atom stereocenters. The van der Waals surface area contributed by atoms with Crippen LogP contribution in [0.1, 0.15) is 36.0 Å². The predicted octanol–water partition coefficient (Wildman–Crippen LogP) is 3.27. The number of benzene rings is 1. The van der Waals surface area contributed by atoms with Crippen LogP contribution in [0.4, 0.5) is 0 Å². The van der Waals surface area contributed by atoms with Gasteiger partial charge in [0.15, 0.2) is 0 Å². The summed E-state index contributed by atoms with van der Waals surface area (Å²) in [6, 6.07) is 9.78. The third kappa shape index (κ3) is 3.51. The zero-order chi connectivity index (χ0) is 17.3. The van der Waals surface area contributed by atoms with Crippen molar-refractivity contribution in [2.24, 2.45) is 0 Å². The molecule has 0 N–H and O–H groups in total. The first kappa shape index (κ1) is 16.7. The smallest absolute Gasteiger partial charge is 0.264 e. The van der Waals surface area contributed by atoms with E-state index in [1.165, 1.54) is 11.3 Å². The number of hydrogen-bond donors (Lipinski definition) is 0. The first-order valence-corrected chi connectivity index (χ1v) is 8.99. The van der Waals surface area contributed by atoms with Crippen molar-refractivity contribution < 1.29 is 9.59 Å². The zero-order valence-electron chi connectivity index (χ0n) is 14.3. The molecule has 2 amide bonds. The van der Waals surface area contributed by atoms with Gasteiger partial charge in [-0.05, 0) is 45.0 Å². The summed E-state index contributed by atoms with van der Waals surface area (Å²) in [5.74, 6) is 0.132. The first-order valence-electron chi connectivity index (χ1n) is 8.17. The van der Waals surface area contributed by atoms with Gasteiger partial charge in [0.25, 0.3) is 11.8 Å². The van der Waals surface area contributed by atoms with Crippen molar-refractivity contribution in [2.75, 3.05) is 26.2 Å². The summed E-state index contributed by atoms with van der Waals surface area (Å²) in [5.41, 5.74) is 2.93. The molecule has 0 saturated carbocycles. The summed E-state index contributed by atoms with van der Waals surface area (Å²) < 4.78 is 0. The number of carbonyl (C=O) groups is 2. The fraction of sp³-hybridized carbons (Fsp3) is 0.368. The Hall–Kier alpha value is -2.14. The average molecular weight is 342 g/mol. The highest BCUT2D eigenvalue weighted by Gasteiger charge is 2.26. The molecular weight excluding hydrogens is 320 g/mol. The summed E-state index contributed by atoms with van der Waals surface area (Å²) in [4.78, 5) is 30.8. The van der Waals surface area contributed by atoms with Crippen LogP contribution >= 0.6 is 11.3 Å². The van der Waals surface area contributed by atoms with Gasteiger partial charge in [-0.1, -0.05) is 17.2 Å². The van der Waals surface area contributed by atoms with E-state index in [4.69, 9.17) is 0 Å². The average Bonchev–Trinajstić information content (AvgIpc) is 2.99. The van der Waals surface area contributed by atoms with Gasteiger partial charge in [0.2, 0.25) is 0 Å². The Balaban J connectivity index is 1.64. The number of rotatable bonds is 2. The molecule has 0 aliphatic carbocycles. The van der Waals surface area contributed by atoms with E-state index in [1.54, 1.807) is 0 Å². The van der Waals surface area contributed by atoms with Crippen molar-refractivity contribution in [2.45, 2.75) is 20.8 Å². The Morgan fingerprint density at radius 1 is 0.833 bits per heavy atom. The SMILES string of the molecule is Cc1cc(C)cc(C(=O)N2CCN(C(=O)c3ccc(C)s3)CC2)c1. The Bertz CT molecular complexity index is 753. The van der Waals surface area contributed by atoms with Crippen molar-refractivity contribution in [3.8, 4) is 0 Å². The number of hydrogen-bond acceptors (Lipinski definition) is 3. The molecule has 1 aliphatic rings. The van der Waals surface area contributed by atoms with Crippen molar-refractivity contribution in [1.82, 2.24) is 9.80 Å². The van der Waals surface area contributed by atoms with E-state index in [-0.39, 0.29) is 11.8 Å². The molecule has 0 bridgehead atoms. The van der Waals surface area contributed by atoms with E-state index in [1.807, 2.05) is 54.8 Å². The van der Waals surface area contributed by atoms with E-state index in [9.17, 15) is 9.59 Å². The number of nitrogens with zero attached hydrogens (tertiary/aromatic N) is 2. The molecule has 3 rings (SSSR count). The molecule has 1 aliphatic heterocycles. The molecule has 2 aromatic rings. The molecule has 126 valence electrons. The van der Waals surface area contributed by atoms with Crippen molar-refractivity contribution in [3.05, 3.63) is 56.8 Å². The third-order valence-electron chi connectivity index (χ3n) is 4.27. The monoisotopic (exact) mass is 342 g/mol. The van der Waals surface area contributed by atoms with E-state index < -0.39 is 0 Å².